The molecule has 0 bridgehead atoms. The van der Waals surface area contributed by atoms with Crippen LogP contribution in [0, 0.1) is 0 Å². The molecule has 1 fully saturated rings. The number of sulfone groups is 1. The van der Waals surface area contributed by atoms with Gasteiger partial charge in [0.1, 0.15) is 9.84 Å². The second-order valence-electron chi connectivity index (χ2n) is 3.59. The van der Waals surface area contributed by atoms with E-state index in [9.17, 15) is 8.42 Å². The topological polar surface area (TPSA) is 37.4 Å². The molecule has 78 valence electrons. The summed E-state index contributed by atoms with van der Waals surface area (Å²) >= 11 is 5.63. The Morgan fingerprint density at radius 2 is 2.00 bits per heavy atom. The molecule has 5 heteroatoms. The number of alkyl halides is 1. The van der Waals surface area contributed by atoms with E-state index in [1.165, 1.54) is 19.1 Å². The molecular weight excluding hydrogens is 210 g/mol. The smallest absolute Gasteiger partial charge is 0.148 e. The Kier molecular flexibility index (Phi) is 4.01. The van der Waals surface area contributed by atoms with Gasteiger partial charge in [0, 0.05) is 31.3 Å². The van der Waals surface area contributed by atoms with E-state index >= 15 is 0 Å². The minimum absolute atomic E-state index is 0.250. The van der Waals surface area contributed by atoms with Crippen molar-refractivity contribution in [2.45, 2.75) is 18.9 Å². The monoisotopic (exact) mass is 225 g/mol. The third-order valence-electron chi connectivity index (χ3n) is 2.18. The van der Waals surface area contributed by atoms with Gasteiger partial charge in [0.25, 0.3) is 0 Å². The first-order valence-electron chi connectivity index (χ1n) is 4.50. The maximum Gasteiger partial charge on any atom is 0.148 e. The van der Waals surface area contributed by atoms with Crippen molar-refractivity contribution in [2.75, 3.05) is 31.0 Å². The van der Waals surface area contributed by atoms with Crippen LogP contribution in [0.4, 0.5) is 0 Å². The van der Waals surface area contributed by atoms with E-state index in [4.69, 9.17) is 11.6 Å². The third-order valence-corrected chi connectivity index (χ3v) is 3.28. The van der Waals surface area contributed by atoms with E-state index in [0.717, 1.165) is 6.54 Å². The highest BCUT2D eigenvalue weighted by Crippen LogP contribution is 2.26. The van der Waals surface area contributed by atoms with Crippen molar-refractivity contribution in [1.82, 2.24) is 4.90 Å². The maximum atomic E-state index is 10.9. The molecule has 0 N–H and O–H groups in total. The highest BCUT2D eigenvalue weighted by atomic mass is 35.5. The van der Waals surface area contributed by atoms with Crippen molar-refractivity contribution in [3.8, 4) is 0 Å². The Bertz CT molecular complexity index is 249. The van der Waals surface area contributed by atoms with Crippen LogP contribution in [0.5, 0.6) is 0 Å². The second-order valence-corrected chi connectivity index (χ2v) is 6.22. The lowest BCUT2D eigenvalue weighted by atomic mass is 10.5. The van der Waals surface area contributed by atoms with E-state index in [0.29, 0.717) is 18.5 Å². The van der Waals surface area contributed by atoms with Crippen LogP contribution in [-0.4, -0.2) is 50.3 Å². The number of rotatable bonds is 6. The Labute approximate surface area is 85.0 Å². The molecule has 0 aliphatic heterocycles. The lowest BCUT2D eigenvalue weighted by Crippen LogP contribution is -2.32. The summed E-state index contributed by atoms with van der Waals surface area (Å²) in [6.45, 7) is 1.44. The van der Waals surface area contributed by atoms with Crippen LogP contribution in [0.2, 0.25) is 0 Å². The minimum Gasteiger partial charge on any atom is -0.298 e. The number of halogens is 1. The average Bonchev–Trinajstić information content (AvgIpc) is 2.78. The van der Waals surface area contributed by atoms with Crippen LogP contribution < -0.4 is 0 Å². The lowest BCUT2D eigenvalue weighted by molar-refractivity contribution is 0.296. The quantitative estimate of drug-likeness (QED) is 0.626. The molecule has 0 radical (unpaired) electrons. The van der Waals surface area contributed by atoms with E-state index < -0.39 is 9.84 Å². The van der Waals surface area contributed by atoms with Gasteiger partial charge in [-0.2, -0.15) is 0 Å². The summed E-state index contributed by atoms with van der Waals surface area (Å²) in [6.07, 6.45) is 3.67. The molecule has 0 atom stereocenters. The fourth-order valence-electron chi connectivity index (χ4n) is 1.31. The SMILES string of the molecule is CS(=O)(=O)CCN(CCCl)C1CC1. The van der Waals surface area contributed by atoms with Gasteiger partial charge in [-0.25, -0.2) is 8.42 Å². The molecule has 0 saturated heterocycles. The van der Waals surface area contributed by atoms with Gasteiger partial charge in [-0.3, -0.25) is 4.90 Å². The number of hydrogen-bond acceptors (Lipinski definition) is 3. The Morgan fingerprint density at radius 1 is 1.38 bits per heavy atom. The van der Waals surface area contributed by atoms with E-state index in [2.05, 4.69) is 4.90 Å². The maximum absolute atomic E-state index is 10.9. The standard InChI is InChI=1S/C8H16ClNO2S/c1-13(11,12)7-6-10(5-4-9)8-2-3-8/h8H,2-7H2,1H3. The van der Waals surface area contributed by atoms with Gasteiger partial charge in [0.05, 0.1) is 5.75 Å². The minimum atomic E-state index is -2.83. The van der Waals surface area contributed by atoms with Crippen LogP contribution in [0.1, 0.15) is 12.8 Å². The fraction of sp³-hybridized carbons (Fsp3) is 1.00. The summed E-state index contributed by atoms with van der Waals surface area (Å²) in [7, 11) is -2.83. The van der Waals surface area contributed by atoms with Gasteiger partial charge in [-0.1, -0.05) is 0 Å². The molecule has 1 aliphatic carbocycles. The van der Waals surface area contributed by atoms with Gasteiger partial charge >= 0.3 is 0 Å². The van der Waals surface area contributed by atoms with E-state index in [-0.39, 0.29) is 5.75 Å². The predicted molar refractivity (Wildman–Crippen MR) is 55.0 cm³/mol. The zero-order valence-corrected chi connectivity index (χ0v) is 9.44. The molecule has 0 unspecified atom stereocenters. The molecule has 1 saturated carbocycles. The first kappa shape index (κ1) is 11.3. The molecule has 1 aliphatic rings. The number of nitrogens with zero attached hydrogens (tertiary/aromatic N) is 1. The molecule has 0 aromatic heterocycles. The molecule has 13 heavy (non-hydrogen) atoms. The first-order chi connectivity index (χ1) is 6.03. The van der Waals surface area contributed by atoms with Gasteiger partial charge < -0.3 is 0 Å². The van der Waals surface area contributed by atoms with Crippen molar-refractivity contribution in [2.24, 2.45) is 0 Å². The third kappa shape index (κ3) is 4.84. The van der Waals surface area contributed by atoms with Crippen LogP contribution in [-0.2, 0) is 9.84 Å². The van der Waals surface area contributed by atoms with Gasteiger partial charge in [-0.05, 0) is 12.8 Å². The van der Waals surface area contributed by atoms with Crippen molar-refractivity contribution < 1.29 is 8.42 Å². The lowest BCUT2D eigenvalue weighted by Gasteiger charge is -2.19. The van der Waals surface area contributed by atoms with Gasteiger partial charge in [0.2, 0.25) is 0 Å². The van der Waals surface area contributed by atoms with Crippen molar-refractivity contribution in [1.29, 1.82) is 0 Å². The summed E-state index contributed by atoms with van der Waals surface area (Å²) in [5.74, 6) is 0.834. The summed E-state index contributed by atoms with van der Waals surface area (Å²) in [4.78, 5) is 2.17. The van der Waals surface area contributed by atoms with Crippen LogP contribution in [0.15, 0.2) is 0 Å². The molecule has 0 heterocycles. The van der Waals surface area contributed by atoms with Crippen molar-refractivity contribution >= 4 is 21.4 Å². The van der Waals surface area contributed by atoms with E-state index in [1.54, 1.807) is 0 Å². The zero-order chi connectivity index (χ0) is 9.90. The van der Waals surface area contributed by atoms with Crippen molar-refractivity contribution in [3.05, 3.63) is 0 Å². The average molecular weight is 226 g/mol. The summed E-state index contributed by atoms with van der Waals surface area (Å²) < 4.78 is 21.8. The molecule has 0 aromatic rings. The predicted octanol–water partition coefficient (Wildman–Crippen LogP) is 0.734. The Hall–Kier alpha value is 0.200. The van der Waals surface area contributed by atoms with Gasteiger partial charge in [0.15, 0.2) is 0 Å². The molecule has 0 amide bonds. The Morgan fingerprint density at radius 3 is 2.38 bits per heavy atom. The molecule has 3 nitrogen and oxygen atoms in total. The molecule has 1 rings (SSSR count). The summed E-state index contributed by atoms with van der Waals surface area (Å²) in [5, 5.41) is 0. The molecular formula is C8H16ClNO2S. The zero-order valence-electron chi connectivity index (χ0n) is 7.87. The van der Waals surface area contributed by atoms with Crippen LogP contribution >= 0.6 is 11.6 Å². The first-order valence-corrected chi connectivity index (χ1v) is 7.10. The summed E-state index contributed by atoms with van der Waals surface area (Å²) in [5.41, 5.74) is 0. The molecule has 0 aromatic carbocycles. The fourth-order valence-corrected chi connectivity index (χ4v) is 2.09. The summed E-state index contributed by atoms with van der Waals surface area (Å²) in [6, 6.07) is 0.598. The Balaban J connectivity index is 2.30. The highest BCUT2D eigenvalue weighted by Gasteiger charge is 2.28. The highest BCUT2D eigenvalue weighted by molar-refractivity contribution is 7.90. The van der Waals surface area contributed by atoms with Crippen molar-refractivity contribution in [3.63, 3.8) is 0 Å². The largest absolute Gasteiger partial charge is 0.298 e. The van der Waals surface area contributed by atoms with E-state index in [1.807, 2.05) is 0 Å². The molecule has 0 spiro atoms. The van der Waals surface area contributed by atoms with Gasteiger partial charge in [-0.15, -0.1) is 11.6 Å². The normalized spacial score (nSPS) is 18.1. The van der Waals surface area contributed by atoms with Crippen LogP contribution in [0.25, 0.3) is 0 Å². The number of hydrogen-bond donors (Lipinski definition) is 0. The van der Waals surface area contributed by atoms with Crippen LogP contribution in [0.3, 0.4) is 0 Å². The second kappa shape index (κ2) is 4.62.